The first kappa shape index (κ1) is 19.0. The van der Waals surface area contributed by atoms with E-state index in [-0.39, 0.29) is 30.2 Å². The van der Waals surface area contributed by atoms with Crippen LogP contribution in [0.1, 0.15) is 43.0 Å². The van der Waals surface area contributed by atoms with Gasteiger partial charge in [-0.25, -0.2) is 4.99 Å². The molecule has 3 aliphatic rings. The Morgan fingerprint density at radius 2 is 2.17 bits per heavy atom. The van der Waals surface area contributed by atoms with Crippen LogP contribution in [0.4, 0.5) is 0 Å². The summed E-state index contributed by atoms with van der Waals surface area (Å²) in [6, 6.07) is 5.83. The van der Waals surface area contributed by atoms with Crippen LogP contribution in [0.2, 0.25) is 5.02 Å². The molecule has 2 aliphatic carbocycles. The van der Waals surface area contributed by atoms with Crippen LogP contribution in [0.3, 0.4) is 0 Å². The summed E-state index contributed by atoms with van der Waals surface area (Å²) in [6.45, 7) is 0. The summed E-state index contributed by atoms with van der Waals surface area (Å²) in [4.78, 5) is 36.8. The maximum absolute atomic E-state index is 12.6. The van der Waals surface area contributed by atoms with Crippen LogP contribution in [0.15, 0.2) is 52.5 Å². The van der Waals surface area contributed by atoms with Gasteiger partial charge in [0.2, 0.25) is 5.91 Å². The predicted octanol–water partition coefficient (Wildman–Crippen LogP) is 4.22. The fourth-order valence-electron chi connectivity index (χ4n) is 4.42. The van der Waals surface area contributed by atoms with Crippen molar-refractivity contribution < 1.29 is 9.59 Å². The lowest BCUT2D eigenvalue weighted by atomic mass is 9.91. The summed E-state index contributed by atoms with van der Waals surface area (Å²) in [5.74, 6) is -0.262. The molecule has 0 bridgehead atoms. The van der Waals surface area contributed by atoms with E-state index >= 15 is 0 Å². The van der Waals surface area contributed by atoms with E-state index in [4.69, 9.17) is 11.6 Å². The predicted molar refractivity (Wildman–Crippen MR) is 118 cm³/mol. The van der Waals surface area contributed by atoms with Crippen molar-refractivity contribution in [2.75, 3.05) is 0 Å². The maximum atomic E-state index is 12.6. The molecule has 6 nitrogen and oxygen atoms in total. The van der Waals surface area contributed by atoms with Crippen molar-refractivity contribution >= 4 is 45.9 Å². The lowest BCUT2D eigenvalue weighted by Crippen LogP contribution is -2.32. The van der Waals surface area contributed by atoms with E-state index in [0.29, 0.717) is 23.0 Å². The number of aryl methyl sites for hydroxylation is 1. The molecule has 0 radical (unpaired) electrons. The first-order chi connectivity index (χ1) is 14.6. The van der Waals surface area contributed by atoms with Crippen molar-refractivity contribution in [1.29, 1.82) is 0 Å². The Kier molecular flexibility index (Phi) is 4.87. The van der Waals surface area contributed by atoms with Crippen molar-refractivity contribution in [3.05, 3.63) is 58.8 Å². The Morgan fingerprint density at radius 3 is 3.07 bits per heavy atom. The number of aliphatic imine (C=N–C) groups is 2. The van der Waals surface area contributed by atoms with Gasteiger partial charge in [0.1, 0.15) is 11.8 Å². The quantitative estimate of drug-likeness (QED) is 0.775. The second-order valence-corrected chi connectivity index (χ2v) is 8.22. The molecule has 0 saturated carbocycles. The molecule has 1 aromatic carbocycles. The van der Waals surface area contributed by atoms with Crippen molar-refractivity contribution in [3.8, 4) is 0 Å². The van der Waals surface area contributed by atoms with Crippen LogP contribution in [0.5, 0.6) is 0 Å². The zero-order chi connectivity index (χ0) is 20.7. The Labute approximate surface area is 178 Å². The minimum absolute atomic E-state index is 0.0678. The molecule has 0 spiro atoms. The van der Waals surface area contributed by atoms with E-state index in [2.05, 4.69) is 26.4 Å². The smallest absolute Gasteiger partial charge is 0.260 e. The van der Waals surface area contributed by atoms with Gasteiger partial charge >= 0.3 is 0 Å². The number of nitrogens with one attached hydrogen (secondary N) is 2. The minimum atomic E-state index is -0.387. The number of benzene rings is 1. The average Bonchev–Trinajstić information content (AvgIpc) is 3.14. The van der Waals surface area contributed by atoms with E-state index in [0.717, 1.165) is 35.9 Å². The van der Waals surface area contributed by atoms with Crippen molar-refractivity contribution in [3.63, 3.8) is 0 Å². The second kappa shape index (κ2) is 7.69. The molecular weight excluding hydrogens is 400 g/mol. The summed E-state index contributed by atoms with van der Waals surface area (Å²) in [5, 5.41) is 4.96. The van der Waals surface area contributed by atoms with Gasteiger partial charge < -0.3 is 10.3 Å². The molecule has 5 rings (SSSR count). The van der Waals surface area contributed by atoms with Crippen molar-refractivity contribution in [1.82, 2.24) is 10.3 Å². The molecule has 0 fully saturated rings. The molecule has 2 atom stereocenters. The van der Waals surface area contributed by atoms with Gasteiger partial charge in [0.25, 0.3) is 5.91 Å². The van der Waals surface area contributed by atoms with Gasteiger partial charge in [0.05, 0.1) is 22.3 Å². The highest BCUT2D eigenvalue weighted by molar-refractivity contribution is 6.35. The van der Waals surface area contributed by atoms with Crippen LogP contribution in [-0.2, 0) is 16.0 Å². The lowest BCUT2D eigenvalue weighted by Gasteiger charge is -2.24. The molecule has 2 amide bonds. The number of halogens is 1. The first-order valence-corrected chi connectivity index (χ1v) is 10.6. The number of aromatic nitrogens is 1. The maximum Gasteiger partial charge on any atom is 0.260 e. The molecule has 152 valence electrons. The van der Waals surface area contributed by atoms with Gasteiger partial charge in [-0.1, -0.05) is 42.0 Å². The number of para-hydroxylation sites is 1. The largest absolute Gasteiger partial charge is 0.355 e. The molecular formula is C23H21ClN4O2. The van der Waals surface area contributed by atoms with Crippen LogP contribution < -0.4 is 5.32 Å². The molecule has 2 heterocycles. The highest BCUT2D eigenvalue weighted by Crippen LogP contribution is 2.37. The van der Waals surface area contributed by atoms with Gasteiger partial charge in [-0.05, 0) is 37.0 Å². The Hall–Kier alpha value is -2.99. The number of allylic oxidation sites excluding steroid dienone is 3. The monoisotopic (exact) mass is 420 g/mol. The van der Waals surface area contributed by atoms with E-state index in [1.807, 2.05) is 30.4 Å². The Bertz CT molecular complexity index is 1170. The zero-order valence-electron chi connectivity index (χ0n) is 16.3. The molecule has 1 aromatic heterocycles. The van der Waals surface area contributed by atoms with Crippen molar-refractivity contribution in [2.45, 2.75) is 38.1 Å². The summed E-state index contributed by atoms with van der Waals surface area (Å²) < 4.78 is 0. The Morgan fingerprint density at radius 1 is 1.27 bits per heavy atom. The fraction of sp³-hybridized carbons (Fsp3) is 0.304. The summed E-state index contributed by atoms with van der Waals surface area (Å²) >= 11 is 6.35. The number of carbonyl (C=O) groups excluding carboxylic acids is 2. The summed E-state index contributed by atoms with van der Waals surface area (Å²) in [5.41, 5.74) is 3.91. The number of rotatable bonds is 4. The van der Waals surface area contributed by atoms with E-state index in [1.165, 1.54) is 5.56 Å². The van der Waals surface area contributed by atoms with Gasteiger partial charge in [0, 0.05) is 23.9 Å². The number of carbonyl (C=O) groups is 2. The number of hydrogen-bond donors (Lipinski definition) is 2. The fourth-order valence-corrected chi connectivity index (χ4v) is 4.64. The van der Waals surface area contributed by atoms with Gasteiger partial charge in [-0.3, -0.25) is 9.59 Å². The SMILES string of the molecule is O=C(CCC1=NC(=O)C2C=CC=CC2=N1)NC1CCCc2c1[nH]c1c(Cl)cccc21. The van der Waals surface area contributed by atoms with Crippen LogP contribution in [0.25, 0.3) is 10.9 Å². The lowest BCUT2D eigenvalue weighted by molar-refractivity contribution is -0.122. The highest BCUT2D eigenvalue weighted by Gasteiger charge is 2.28. The van der Waals surface area contributed by atoms with E-state index in [1.54, 1.807) is 6.08 Å². The first-order valence-electron chi connectivity index (χ1n) is 10.2. The number of hydrogen-bond acceptors (Lipinski definition) is 3. The van der Waals surface area contributed by atoms with Crippen molar-refractivity contribution in [2.24, 2.45) is 15.9 Å². The third-order valence-corrected chi connectivity index (χ3v) is 6.18. The molecule has 7 heteroatoms. The standard InChI is InChI=1S/C23H21ClN4O2/c24-16-8-3-6-13-14-7-4-10-18(22(14)28-21(13)16)26-20(29)12-11-19-25-17-9-2-1-5-15(17)23(30)27-19/h1-3,5-6,8-9,15,18,28H,4,7,10-12H2,(H,26,29). The van der Waals surface area contributed by atoms with Gasteiger partial charge in [0.15, 0.2) is 0 Å². The van der Waals surface area contributed by atoms with E-state index < -0.39 is 0 Å². The molecule has 2 unspecified atom stereocenters. The molecule has 0 saturated heterocycles. The number of fused-ring (bicyclic) bond motifs is 4. The third-order valence-electron chi connectivity index (χ3n) is 5.87. The molecule has 2 N–H and O–H groups in total. The molecule has 1 aliphatic heterocycles. The number of H-pyrrole nitrogens is 1. The summed E-state index contributed by atoms with van der Waals surface area (Å²) in [7, 11) is 0. The number of amidine groups is 1. The van der Waals surface area contributed by atoms with Gasteiger partial charge in [-0.2, -0.15) is 4.99 Å². The minimum Gasteiger partial charge on any atom is -0.355 e. The zero-order valence-corrected chi connectivity index (χ0v) is 17.1. The normalized spacial score (nSPS) is 22.4. The molecule has 30 heavy (non-hydrogen) atoms. The number of nitrogens with zero attached hydrogens (tertiary/aromatic N) is 2. The average molecular weight is 421 g/mol. The molecule has 2 aromatic rings. The number of amides is 2. The third kappa shape index (κ3) is 3.41. The topological polar surface area (TPSA) is 86.7 Å². The summed E-state index contributed by atoms with van der Waals surface area (Å²) in [6.07, 6.45) is 10.7. The van der Waals surface area contributed by atoms with Gasteiger partial charge in [-0.15, -0.1) is 0 Å². The Balaban J connectivity index is 1.27. The van der Waals surface area contributed by atoms with Crippen LogP contribution in [0, 0.1) is 5.92 Å². The van der Waals surface area contributed by atoms with Crippen LogP contribution >= 0.6 is 11.6 Å². The number of aromatic amines is 1. The van der Waals surface area contributed by atoms with Crippen LogP contribution in [-0.4, -0.2) is 28.3 Å². The van der Waals surface area contributed by atoms with E-state index in [9.17, 15) is 9.59 Å². The second-order valence-electron chi connectivity index (χ2n) is 7.82. The highest BCUT2D eigenvalue weighted by atomic mass is 35.5.